The fourth-order valence-corrected chi connectivity index (χ4v) is 4.06. The molecule has 3 rings (SSSR count). The van der Waals surface area contributed by atoms with Crippen molar-refractivity contribution in [2.75, 3.05) is 30.1 Å². The third-order valence-corrected chi connectivity index (χ3v) is 5.91. The third kappa shape index (κ3) is 6.32. The van der Waals surface area contributed by atoms with Crippen LogP contribution in [0.4, 0.5) is 11.4 Å². The van der Waals surface area contributed by atoms with Crippen LogP contribution >= 0.6 is 11.8 Å². The summed E-state index contributed by atoms with van der Waals surface area (Å²) in [4.78, 5) is 50.0. The van der Waals surface area contributed by atoms with Crippen LogP contribution in [0.2, 0.25) is 0 Å². The largest absolute Gasteiger partial charge is 0.454 e. The molecule has 1 aliphatic heterocycles. The number of rotatable bonds is 9. The first kappa shape index (κ1) is 24.2. The normalized spacial score (nSPS) is 13.5. The van der Waals surface area contributed by atoms with Crippen LogP contribution in [0, 0.1) is 10.1 Å². The minimum Gasteiger partial charge on any atom is -0.454 e. The van der Waals surface area contributed by atoms with Crippen LogP contribution in [-0.4, -0.2) is 53.9 Å². The van der Waals surface area contributed by atoms with Gasteiger partial charge in [-0.3, -0.25) is 19.7 Å². The maximum atomic E-state index is 12.7. The first-order valence-corrected chi connectivity index (χ1v) is 11.9. The van der Waals surface area contributed by atoms with Gasteiger partial charge in [-0.2, -0.15) is 11.8 Å². The second-order valence-corrected chi connectivity index (χ2v) is 8.49. The molecule has 1 N–H and O–H groups in total. The summed E-state index contributed by atoms with van der Waals surface area (Å²) in [6, 6.07) is 11.9. The smallest absolute Gasteiger partial charge is 0.329 e. The summed E-state index contributed by atoms with van der Waals surface area (Å²) in [5.74, 6) is -1.11. The second kappa shape index (κ2) is 11.5. The monoisotopic (exact) mass is 471 g/mol. The van der Waals surface area contributed by atoms with E-state index in [1.807, 2.05) is 30.5 Å². The number of hydrogen-bond donors (Lipinski definition) is 1. The number of anilines is 1. The Morgan fingerprint density at radius 1 is 1.21 bits per heavy atom. The van der Waals surface area contributed by atoms with Gasteiger partial charge >= 0.3 is 5.97 Å². The standard InChI is InChI=1S/C23H25N3O6S/c1-33-13-11-19(24-22(28)17-7-4-9-18(14-17)26(30)31)23(29)32-15-21(27)25-12-5-8-16-6-2-3-10-20(16)25/h2-4,6-7,9-10,14,19H,5,8,11-13,15H2,1H3,(H,24,28). The summed E-state index contributed by atoms with van der Waals surface area (Å²) in [5.41, 5.74) is 1.73. The molecule has 0 aliphatic carbocycles. The van der Waals surface area contributed by atoms with Crippen molar-refractivity contribution < 1.29 is 24.0 Å². The van der Waals surface area contributed by atoms with Gasteiger partial charge in [0.1, 0.15) is 6.04 Å². The van der Waals surface area contributed by atoms with Crippen molar-refractivity contribution in [2.24, 2.45) is 0 Å². The summed E-state index contributed by atoms with van der Waals surface area (Å²) in [7, 11) is 0. The number of ether oxygens (including phenoxy) is 1. The average molecular weight is 472 g/mol. The predicted octanol–water partition coefficient (Wildman–Crippen LogP) is 2.97. The summed E-state index contributed by atoms with van der Waals surface area (Å²) in [5, 5.41) is 13.5. The topological polar surface area (TPSA) is 119 Å². The lowest BCUT2D eigenvalue weighted by Crippen LogP contribution is -2.44. The van der Waals surface area contributed by atoms with Crippen molar-refractivity contribution in [2.45, 2.75) is 25.3 Å². The zero-order chi connectivity index (χ0) is 23.8. The molecule has 33 heavy (non-hydrogen) atoms. The maximum Gasteiger partial charge on any atom is 0.329 e. The molecule has 1 unspecified atom stereocenters. The lowest BCUT2D eigenvalue weighted by molar-refractivity contribution is -0.384. The summed E-state index contributed by atoms with van der Waals surface area (Å²) >= 11 is 1.49. The Morgan fingerprint density at radius 2 is 2.00 bits per heavy atom. The molecule has 1 aliphatic rings. The molecule has 0 saturated heterocycles. The van der Waals surface area contributed by atoms with E-state index in [-0.39, 0.29) is 17.2 Å². The number of nitro benzene ring substituents is 1. The molecule has 0 aromatic heterocycles. The first-order chi connectivity index (χ1) is 15.9. The highest BCUT2D eigenvalue weighted by Crippen LogP contribution is 2.26. The van der Waals surface area contributed by atoms with Crippen molar-refractivity contribution in [1.29, 1.82) is 0 Å². The van der Waals surface area contributed by atoms with Crippen LogP contribution in [0.3, 0.4) is 0 Å². The Kier molecular flexibility index (Phi) is 8.42. The van der Waals surface area contributed by atoms with E-state index in [2.05, 4.69) is 5.32 Å². The van der Waals surface area contributed by atoms with Crippen LogP contribution in [-0.2, 0) is 20.7 Å². The molecule has 1 heterocycles. The summed E-state index contributed by atoms with van der Waals surface area (Å²) in [6.45, 7) is 0.114. The summed E-state index contributed by atoms with van der Waals surface area (Å²) in [6.07, 6.45) is 3.87. The van der Waals surface area contributed by atoms with Crippen LogP contribution in [0.5, 0.6) is 0 Å². The first-order valence-electron chi connectivity index (χ1n) is 10.5. The molecule has 2 amide bonds. The number of amides is 2. The molecule has 9 nitrogen and oxygen atoms in total. The fourth-order valence-electron chi connectivity index (χ4n) is 3.59. The third-order valence-electron chi connectivity index (χ3n) is 5.27. The van der Waals surface area contributed by atoms with E-state index < -0.39 is 29.4 Å². The Bertz CT molecular complexity index is 1040. The van der Waals surface area contributed by atoms with Gasteiger partial charge in [-0.05, 0) is 49.0 Å². The zero-order valence-electron chi connectivity index (χ0n) is 18.2. The van der Waals surface area contributed by atoms with Crippen LogP contribution in [0.1, 0.15) is 28.8 Å². The number of thioether (sulfide) groups is 1. The van der Waals surface area contributed by atoms with Gasteiger partial charge in [-0.1, -0.05) is 24.3 Å². The van der Waals surface area contributed by atoms with Gasteiger partial charge in [0.2, 0.25) is 0 Å². The Hall–Kier alpha value is -3.40. The van der Waals surface area contributed by atoms with Gasteiger partial charge in [-0.15, -0.1) is 0 Å². The predicted molar refractivity (Wildman–Crippen MR) is 125 cm³/mol. The van der Waals surface area contributed by atoms with Crippen LogP contribution < -0.4 is 10.2 Å². The summed E-state index contributed by atoms with van der Waals surface area (Å²) < 4.78 is 5.27. The number of esters is 1. The zero-order valence-corrected chi connectivity index (χ0v) is 19.0. The number of fused-ring (bicyclic) bond motifs is 1. The number of carbonyl (C=O) groups excluding carboxylic acids is 3. The highest BCUT2D eigenvalue weighted by atomic mass is 32.2. The van der Waals surface area contributed by atoms with Crippen LogP contribution in [0.25, 0.3) is 0 Å². The highest BCUT2D eigenvalue weighted by molar-refractivity contribution is 7.98. The molecular weight excluding hydrogens is 446 g/mol. The number of carbonyl (C=O) groups is 3. The lowest BCUT2D eigenvalue weighted by atomic mass is 10.0. The lowest BCUT2D eigenvalue weighted by Gasteiger charge is -2.29. The SMILES string of the molecule is CSCCC(NC(=O)c1cccc([N+](=O)[O-])c1)C(=O)OCC(=O)N1CCCc2ccccc21. The van der Waals surface area contributed by atoms with Gasteiger partial charge in [0.25, 0.3) is 17.5 Å². The second-order valence-electron chi connectivity index (χ2n) is 7.50. The van der Waals surface area contributed by atoms with E-state index in [0.29, 0.717) is 18.7 Å². The number of para-hydroxylation sites is 1. The molecule has 10 heteroatoms. The van der Waals surface area contributed by atoms with Crippen molar-refractivity contribution >= 4 is 40.9 Å². The molecule has 0 saturated carbocycles. The van der Waals surface area contributed by atoms with Gasteiger partial charge in [0.05, 0.1) is 4.92 Å². The van der Waals surface area contributed by atoms with E-state index in [1.54, 1.807) is 4.90 Å². The van der Waals surface area contributed by atoms with Crippen LogP contribution in [0.15, 0.2) is 48.5 Å². The Morgan fingerprint density at radius 3 is 2.76 bits per heavy atom. The van der Waals surface area contributed by atoms with Crippen molar-refractivity contribution in [3.8, 4) is 0 Å². The number of nitro groups is 1. The van der Waals surface area contributed by atoms with Gasteiger partial charge in [0.15, 0.2) is 6.61 Å². The number of nitrogens with zero attached hydrogens (tertiary/aromatic N) is 2. The molecule has 1 atom stereocenters. The number of benzene rings is 2. The molecule has 0 bridgehead atoms. The fraction of sp³-hybridized carbons (Fsp3) is 0.348. The van der Waals surface area contributed by atoms with E-state index in [0.717, 1.165) is 30.2 Å². The van der Waals surface area contributed by atoms with Gasteiger partial charge < -0.3 is 15.0 Å². The minimum absolute atomic E-state index is 0.0622. The van der Waals surface area contributed by atoms with E-state index in [4.69, 9.17) is 4.74 Å². The maximum absolute atomic E-state index is 12.7. The molecule has 174 valence electrons. The number of hydrogen-bond acceptors (Lipinski definition) is 7. The highest BCUT2D eigenvalue weighted by Gasteiger charge is 2.27. The molecule has 0 fully saturated rings. The Balaban J connectivity index is 1.63. The van der Waals surface area contributed by atoms with E-state index in [9.17, 15) is 24.5 Å². The molecular formula is C23H25N3O6S. The minimum atomic E-state index is -0.981. The van der Waals surface area contributed by atoms with Crippen molar-refractivity contribution in [3.63, 3.8) is 0 Å². The molecule has 0 radical (unpaired) electrons. The van der Waals surface area contributed by atoms with Gasteiger partial charge in [-0.25, -0.2) is 4.79 Å². The average Bonchev–Trinajstić information content (AvgIpc) is 2.84. The quantitative estimate of drug-likeness (QED) is 0.339. The number of aryl methyl sites for hydroxylation is 1. The molecule has 0 spiro atoms. The van der Waals surface area contributed by atoms with Crippen molar-refractivity contribution in [1.82, 2.24) is 5.32 Å². The number of nitrogens with one attached hydrogen (secondary N) is 1. The Labute approximate surface area is 195 Å². The van der Waals surface area contributed by atoms with Crippen molar-refractivity contribution in [3.05, 3.63) is 69.8 Å². The van der Waals surface area contributed by atoms with E-state index >= 15 is 0 Å². The van der Waals surface area contributed by atoms with E-state index in [1.165, 1.54) is 30.0 Å². The number of non-ortho nitro benzene ring substituents is 1. The molecule has 2 aromatic rings. The van der Waals surface area contributed by atoms with Gasteiger partial charge in [0, 0.05) is 29.9 Å². The molecule has 2 aromatic carbocycles.